The Morgan fingerprint density at radius 2 is 1.63 bits per heavy atom. The third kappa shape index (κ3) is 3.72. The number of nitrogens with zero attached hydrogens (tertiary/aromatic N) is 1. The molecule has 1 atom stereocenters. The van der Waals surface area contributed by atoms with Gasteiger partial charge in [0.2, 0.25) is 0 Å². The Balaban J connectivity index is 1.82. The summed E-state index contributed by atoms with van der Waals surface area (Å²) < 4.78 is 0. The highest BCUT2D eigenvalue weighted by molar-refractivity contribution is 6.32. The summed E-state index contributed by atoms with van der Waals surface area (Å²) in [5.74, 6) is 0.551. The minimum absolute atomic E-state index is 0.375. The van der Waals surface area contributed by atoms with Crippen LogP contribution >= 0.6 is 11.6 Å². The van der Waals surface area contributed by atoms with Gasteiger partial charge < -0.3 is 9.69 Å². The Bertz CT molecular complexity index is 865. The summed E-state index contributed by atoms with van der Waals surface area (Å²) in [6, 6.07) is 17.6. The van der Waals surface area contributed by atoms with Crippen LogP contribution in [-0.4, -0.2) is 12.3 Å². The predicted molar refractivity (Wildman–Crippen MR) is 113 cm³/mol. The monoisotopic (exact) mass is 377 g/mol. The summed E-state index contributed by atoms with van der Waals surface area (Å²) in [7, 11) is 0. The number of halogens is 1. The molecule has 1 aliphatic heterocycles. The van der Waals surface area contributed by atoms with E-state index in [0.29, 0.717) is 10.9 Å². The van der Waals surface area contributed by atoms with Gasteiger partial charge in [0.05, 0.1) is 0 Å². The van der Waals surface area contributed by atoms with E-state index in [1.165, 1.54) is 37.7 Å². The second-order valence-corrected chi connectivity index (χ2v) is 7.77. The molecule has 1 saturated carbocycles. The second-order valence-electron chi connectivity index (χ2n) is 7.37. The molecular formula is C24H24ClNO. The van der Waals surface area contributed by atoms with E-state index >= 15 is 0 Å². The topological polar surface area (TPSA) is 20.3 Å². The lowest BCUT2D eigenvalue weighted by atomic mass is 9.80. The minimum atomic E-state index is -0.375. The Kier molecular flexibility index (Phi) is 5.45. The van der Waals surface area contributed by atoms with Crippen LogP contribution < -0.4 is 4.90 Å². The van der Waals surface area contributed by atoms with Crippen molar-refractivity contribution < 1.29 is 4.79 Å². The Hall–Kier alpha value is -2.32. The summed E-state index contributed by atoms with van der Waals surface area (Å²) in [6.45, 7) is 0. The van der Waals surface area contributed by atoms with Crippen LogP contribution in [-0.2, 0) is 4.79 Å². The summed E-state index contributed by atoms with van der Waals surface area (Å²) in [6.07, 6.45) is 11.7. The lowest BCUT2D eigenvalue weighted by molar-refractivity contribution is -0.107. The average Bonchev–Trinajstić information content (AvgIpc) is 2.74. The van der Waals surface area contributed by atoms with E-state index in [4.69, 9.17) is 11.6 Å². The lowest BCUT2D eigenvalue weighted by Gasteiger charge is -2.36. The summed E-state index contributed by atoms with van der Waals surface area (Å²) >= 11 is 6.51. The molecule has 0 radical (unpaired) electrons. The molecule has 0 amide bonds. The fraction of sp³-hybridized carbons (Fsp3) is 0.292. The zero-order valence-electron chi connectivity index (χ0n) is 15.4. The van der Waals surface area contributed by atoms with Gasteiger partial charge in [-0.3, -0.25) is 0 Å². The van der Waals surface area contributed by atoms with Gasteiger partial charge in [0.1, 0.15) is 12.3 Å². The van der Waals surface area contributed by atoms with Crippen molar-refractivity contribution in [2.75, 3.05) is 4.90 Å². The van der Waals surface area contributed by atoms with E-state index in [2.05, 4.69) is 29.3 Å². The Labute approximate surface area is 166 Å². The first-order valence-electron chi connectivity index (χ1n) is 9.75. The summed E-state index contributed by atoms with van der Waals surface area (Å²) in [5, 5.41) is 0.688. The van der Waals surface area contributed by atoms with Gasteiger partial charge in [0.25, 0.3) is 0 Å². The van der Waals surface area contributed by atoms with Gasteiger partial charge in [-0.1, -0.05) is 73.3 Å². The van der Waals surface area contributed by atoms with Crippen molar-refractivity contribution in [3.63, 3.8) is 0 Å². The number of hydrogen-bond acceptors (Lipinski definition) is 2. The van der Waals surface area contributed by atoms with Gasteiger partial charge in [-0.15, -0.1) is 0 Å². The molecule has 138 valence electrons. The molecule has 2 nitrogen and oxygen atoms in total. The first-order chi connectivity index (χ1) is 13.3. The first-order valence-corrected chi connectivity index (χ1v) is 10.1. The molecule has 0 spiro atoms. The fourth-order valence-corrected chi connectivity index (χ4v) is 4.50. The quantitative estimate of drug-likeness (QED) is 0.585. The van der Waals surface area contributed by atoms with Gasteiger partial charge in [-0.25, -0.2) is 0 Å². The van der Waals surface area contributed by atoms with Crippen molar-refractivity contribution in [2.24, 2.45) is 5.92 Å². The number of carbonyl (C=O) groups is 1. The van der Waals surface area contributed by atoms with E-state index in [-0.39, 0.29) is 6.04 Å². The van der Waals surface area contributed by atoms with Crippen molar-refractivity contribution in [1.29, 1.82) is 0 Å². The highest BCUT2D eigenvalue weighted by Gasteiger charge is 2.30. The third-order valence-electron chi connectivity index (χ3n) is 5.67. The maximum Gasteiger partial charge on any atom is 0.147 e. The molecule has 3 heteroatoms. The first kappa shape index (κ1) is 18.1. The van der Waals surface area contributed by atoms with Crippen LogP contribution in [0.4, 0.5) is 5.69 Å². The smallest absolute Gasteiger partial charge is 0.147 e. The van der Waals surface area contributed by atoms with Crippen LogP contribution in [0, 0.1) is 5.92 Å². The molecule has 2 aromatic rings. The highest BCUT2D eigenvalue weighted by Crippen LogP contribution is 2.39. The minimum Gasteiger partial charge on any atom is -0.333 e. The zero-order chi connectivity index (χ0) is 18.6. The Morgan fingerprint density at radius 3 is 2.33 bits per heavy atom. The number of benzene rings is 2. The lowest BCUT2D eigenvalue weighted by Crippen LogP contribution is -2.36. The van der Waals surface area contributed by atoms with E-state index in [1.807, 2.05) is 42.5 Å². The Morgan fingerprint density at radius 1 is 0.926 bits per heavy atom. The van der Waals surface area contributed by atoms with Crippen LogP contribution in [0.5, 0.6) is 0 Å². The zero-order valence-corrected chi connectivity index (χ0v) is 16.1. The van der Waals surface area contributed by atoms with Gasteiger partial charge >= 0.3 is 0 Å². The van der Waals surface area contributed by atoms with Crippen LogP contribution in [0.25, 0.3) is 5.57 Å². The van der Waals surface area contributed by atoms with E-state index < -0.39 is 0 Å². The third-order valence-corrected chi connectivity index (χ3v) is 6.00. The van der Waals surface area contributed by atoms with Gasteiger partial charge in [0, 0.05) is 16.9 Å². The molecular weight excluding hydrogens is 354 g/mol. The number of anilines is 1. The van der Waals surface area contributed by atoms with Gasteiger partial charge in [-0.2, -0.15) is 0 Å². The summed E-state index contributed by atoms with van der Waals surface area (Å²) in [5.41, 5.74) is 4.27. The molecule has 27 heavy (non-hydrogen) atoms. The summed E-state index contributed by atoms with van der Waals surface area (Å²) in [4.78, 5) is 14.3. The number of hydrogen-bond donors (Lipinski definition) is 0. The molecule has 0 N–H and O–H groups in total. The number of para-hydroxylation sites is 1. The van der Waals surface area contributed by atoms with Gasteiger partial charge in [0.15, 0.2) is 0 Å². The molecule has 1 fully saturated rings. The molecule has 1 aliphatic carbocycles. The van der Waals surface area contributed by atoms with Crippen molar-refractivity contribution in [1.82, 2.24) is 0 Å². The highest BCUT2D eigenvalue weighted by atomic mass is 35.5. The number of carbonyl (C=O) groups excluding carboxylic acids is 1. The second kappa shape index (κ2) is 8.14. The van der Waals surface area contributed by atoms with Crippen molar-refractivity contribution >= 4 is 29.1 Å². The van der Waals surface area contributed by atoms with Crippen LogP contribution in [0.2, 0.25) is 5.02 Å². The van der Waals surface area contributed by atoms with Crippen LogP contribution in [0.1, 0.15) is 37.7 Å². The van der Waals surface area contributed by atoms with E-state index in [1.54, 1.807) is 0 Å². The molecule has 0 saturated heterocycles. The molecule has 0 aromatic heterocycles. The van der Waals surface area contributed by atoms with Crippen LogP contribution in [0.15, 0.2) is 72.4 Å². The molecule has 4 rings (SSSR count). The largest absolute Gasteiger partial charge is 0.333 e. The molecule has 2 aliphatic rings. The molecule has 1 heterocycles. The maximum atomic E-state index is 12.2. The molecule has 1 unspecified atom stereocenters. The average molecular weight is 378 g/mol. The number of rotatable bonds is 4. The van der Waals surface area contributed by atoms with Crippen molar-refractivity contribution in [3.8, 4) is 0 Å². The van der Waals surface area contributed by atoms with Crippen LogP contribution in [0.3, 0.4) is 0 Å². The van der Waals surface area contributed by atoms with Crippen molar-refractivity contribution in [2.45, 2.75) is 38.1 Å². The number of allylic oxidation sites excluding steroid dienone is 2. The van der Waals surface area contributed by atoms with Crippen molar-refractivity contribution in [3.05, 3.63) is 83.0 Å². The fourth-order valence-electron chi connectivity index (χ4n) is 4.26. The maximum absolute atomic E-state index is 12.2. The predicted octanol–water partition coefficient (Wildman–Crippen LogP) is 6.28. The van der Waals surface area contributed by atoms with E-state index in [9.17, 15) is 4.79 Å². The van der Waals surface area contributed by atoms with Gasteiger partial charge in [-0.05, 0) is 53.7 Å². The molecule has 2 aromatic carbocycles. The van der Waals surface area contributed by atoms with E-state index in [0.717, 1.165) is 23.1 Å². The SMILES string of the molecule is O=CC1C(c2ccccc2Cl)=CC(C2CCCCC2)=CN1c1ccccc1. The molecule has 0 bridgehead atoms. The number of aldehydes is 1. The normalized spacial score (nSPS) is 20.8. The standard InChI is InChI=1S/C24H24ClNO/c25-23-14-8-7-13-21(23)22-15-19(18-9-3-1-4-10-18)16-26(24(22)17-27)20-11-5-2-6-12-20/h2,5-8,11-18,24H,1,3-4,9-10H2.